The van der Waals surface area contributed by atoms with Crippen molar-refractivity contribution in [2.24, 2.45) is 58.2 Å². The lowest BCUT2D eigenvalue weighted by molar-refractivity contribution is -0.175. The fourth-order valence-corrected chi connectivity index (χ4v) is 9.34. The summed E-state index contributed by atoms with van der Waals surface area (Å²) in [6.45, 7) is 10.4. The van der Waals surface area contributed by atoms with E-state index in [9.17, 15) is 30.3 Å². The Balaban J connectivity index is 1.54. The molecule has 5 N–H and O–H groups in total. The quantitative estimate of drug-likeness (QED) is 0.399. The molecular weight excluding hydrogens is 432 g/mol. The summed E-state index contributed by atoms with van der Waals surface area (Å²) in [5.74, 6) is 1.13. The maximum absolute atomic E-state index is 13.3. The molecule has 5 unspecified atom stereocenters. The first-order valence-corrected chi connectivity index (χ1v) is 13.7. The molecule has 4 aliphatic rings. The number of hydrogen-bond acceptors (Lipinski definition) is 6. The molecule has 4 rings (SSSR count). The number of hydrogen-bond donors (Lipinski definition) is 5. The van der Waals surface area contributed by atoms with Crippen molar-refractivity contribution in [2.45, 2.75) is 104 Å². The smallest absolute Gasteiger partial charge is 0.136 e. The van der Waals surface area contributed by atoms with Crippen molar-refractivity contribution in [1.82, 2.24) is 0 Å². The van der Waals surface area contributed by atoms with Crippen LogP contribution in [0.2, 0.25) is 0 Å². The standard InChI is InChI=1S/C28H48O6/c1-14(13-29)15(2)25(33)26(34)16(3)18-6-7-19-17-10-22(30)21-11-23(31)24(32)12-28(21,5)20(17)8-9-27(18,19)4/h14-21,23-26,29,31-34H,6-13H2,1-5H3/t14?,15-,16-,17?,18?,19?,20?,21+,23-,24+,25+,26+,27+,28+/m0/s1. The van der Waals surface area contributed by atoms with Gasteiger partial charge in [0.05, 0.1) is 24.4 Å². The van der Waals surface area contributed by atoms with Crippen LogP contribution in [-0.2, 0) is 4.79 Å². The minimum absolute atomic E-state index is 0.00880. The van der Waals surface area contributed by atoms with E-state index in [2.05, 4.69) is 20.8 Å². The van der Waals surface area contributed by atoms with Crippen LogP contribution in [-0.4, -0.2) is 62.3 Å². The summed E-state index contributed by atoms with van der Waals surface area (Å²) in [5.41, 5.74) is -0.237. The number of Topliss-reactive ketones (excluding diaryl/α,β-unsaturated/α-hetero) is 1. The summed E-state index contributed by atoms with van der Waals surface area (Å²) in [7, 11) is 0. The van der Waals surface area contributed by atoms with Gasteiger partial charge in [0.1, 0.15) is 5.78 Å². The Bertz CT molecular complexity index is 757. The lowest BCUT2D eigenvalue weighted by atomic mass is 9.44. The van der Waals surface area contributed by atoms with Gasteiger partial charge in [-0.15, -0.1) is 0 Å². The van der Waals surface area contributed by atoms with Crippen molar-refractivity contribution >= 4 is 5.78 Å². The average Bonchev–Trinajstić information content (AvgIpc) is 3.15. The summed E-state index contributed by atoms with van der Waals surface area (Å²) < 4.78 is 0. The molecule has 0 bridgehead atoms. The van der Waals surface area contributed by atoms with E-state index < -0.39 is 24.4 Å². The van der Waals surface area contributed by atoms with Crippen LogP contribution in [0.15, 0.2) is 0 Å². The zero-order chi connectivity index (χ0) is 25.2. The molecule has 0 amide bonds. The SMILES string of the molecule is CC(CO)[C@H](C)[C@@H](O)[C@H](O)[C@@H](C)C1CCC2C3CC(=O)[C@H]4C[C@H](O)[C@H](O)C[C@]4(C)C3CC[C@@]21C. The molecule has 0 heterocycles. The monoisotopic (exact) mass is 480 g/mol. The third-order valence-corrected chi connectivity index (χ3v) is 11.8. The molecule has 0 aliphatic heterocycles. The van der Waals surface area contributed by atoms with Crippen LogP contribution in [0.25, 0.3) is 0 Å². The number of fused-ring (bicyclic) bond motifs is 5. The highest BCUT2D eigenvalue weighted by Crippen LogP contribution is 2.67. The fourth-order valence-electron chi connectivity index (χ4n) is 9.34. The van der Waals surface area contributed by atoms with Crippen LogP contribution >= 0.6 is 0 Å². The van der Waals surface area contributed by atoms with Gasteiger partial charge < -0.3 is 25.5 Å². The van der Waals surface area contributed by atoms with Crippen molar-refractivity contribution in [2.75, 3.05) is 6.61 Å². The summed E-state index contributed by atoms with van der Waals surface area (Å²) in [4.78, 5) is 13.3. The van der Waals surface area contributed by atoms with E-state index in [0.717, 1.165) is 25.7 Å². The Morgan fingerprint density at radius 2 is 1.59 bits per heavy atom. The normalized spacial score (nSPS) is 48.8. The van der Waals surface area contributed by atoms with Gasteiger partial charge in [0.2, 0.25) is 0 Å². The van der Waals surface area contributed by atoms with Crippen LogP contribution in [0.1, 0.15) is 79.6 Å². The second kappa shape index (κ2) is 9.41. The largest absolute Gasteiger partial charge is 0.396 e. The number of aliphatic hydroxyl groups is 5. The number of rotatable bonds is 6. The van der Waals surface area contributed by atoms with Crippen molar-refractivity contribution in [3.8, 4) is 0 Å². The van der Waals surface area contributed by atoms with E-state index in [1.54, 1.807) is 0 Å². The molecule has 34 heavy (non-hydrogen) atoms. The summed E-state index contributed by atoms with van der Waals surface area (Å²) in [6, 6.07) is 0. The van der Waals surface area contributed by atoms with Gasteiger partial charge in [-0.1, -0.05) is 34.6 Å². The molecule has 4 saturated carbocycles. The van der Waals surface area contributed by atoms with Gasteiger partial charge in [0.15, 0.2) is 0 Å². The van der Waals surface area contributed by atoms with Crippen molar-refractivity contribution < 1.29 is 30.3 Å². The molecule has 0 aromatic heterocycles. The van der Waals surface area contributed by atoms with Crippen LogP contribution in [0.3, 0.4) is 0 Å². The third kappa shape index (κ3) is 4.00. The Morgan fingerprint density at radius 3 is 2.24 bits per heavy atom. The molecule has 0 radical (unpaired) electrons. The molecule has 14 atom stereocenters. The second-order valence-electron chi connectivity index (χ2n) is 13.3. The minimum atomic E-state index is -0.873. The summed E-state index contributed by atoms with van der Waals surface area (Å²) >= 11 is 0. The molecule has 4 fully saturated rings. The van der Waals surface area contributed by atoms with Crippen LogP contribution in [0.5, 0.6) is 0 Å². The number of carbonyl (C=O) groups is 1. The van der Waals surface area contributed by atoms with Gasteiger partial charge in [-0.2, -0.15) is 0 Å². The predicted molar refractivity (Wildman–Crippen MR) is 130 cm³/mol. The van der Waals surface area contributed by atoms with E-state index in [1.807, 2.05) is 13.8 Å². The Kier molecular flexibility index (Phi) is 7.34. The number of ketones is 1. The minimum Gasteiger partial charge on any atom is -0.396 e. The first kappa shape index (κ1) is 26.5. The van der Waals surface area contributed by atoms with Crippen LogP contribution < -0.4 is 0 Å². The second-order valence-corrected chi connectivity index (χ2v) is 13.3. The first-order chi connectivity index (χ1) is 15.9. The Morgan fingerprint density at radius 1 is 0.941 bits per heavy atom. The number of carbonyl (C=O) groups excluding carboxylic acids is 1. The maximum Gasteiger partial charge on any atom is 0.136 e. The highest BCUT2D eigenvalue weighted by Gasteiger charge is 2.63. The molecule has 6 heteroatoms. The first-order valence-electron chi connectivity index (χ1n) is 13.7. The maximum atomic E-state index is 13.3. The highest BCUT2D eigenvalue weighted by molar-refractivity contribution is 5.83. The molecule has 4 aliphatic carbocycles. The molecule has 0 aromatic carbocycles. The average molecular weight is 481 g/mol. The Labute approximate surface area is 205 Å². The van der Waals surface area contributed by atoms with E-state index in [1.165, 1.54) is 0 Å². The number of aliphatic hydroxyl groups excluding tert-OH is 5. The van der Waals surface area contributed by atoms with Crippen molar-refractivity contribution in [1.29, 1.82) is 0 Å². The van der Waals surface area contributed by atoms with Gasteiger partial charge in [-0.05, 0) is 90.8 Å². The molecule has 0 aromatic rings. The van der Waals surface area contributed by atoms with E-state index in [4.69, 9.17) is 0 Å². The third-order valence-electron chi connectivity index (χ3n) is 11.8. The summed E-state index contributed by atoms with van der Waals surface area (Å²) in [5, 5.41) is 52.3. The van der Waals surface area contributed by atoms with Gasteiger partial charge in [-0.3, -0.25) is 4.79 Å². The lowest BCUT2D eigenvalue weighted by Gasteiger charge is -2.61. The zero-order valence-corrected chi connectivity index (χ0v) is 21.7. The van der Waals surface area contributed by atoms with Crippen LogP contribution in [0.4, 0.5) is 0 Å². The van der Waals surface area contributed by atoms with Crippen LogP contribution in [0, 0.1) is 58.2 Å². The summed E-state index contributed by atoms with van der Waals surface area (Å²) in [6.07, 6.45) is 2.28. The van der Waals surface area contributed by atoms with E-state index in [-0.39, 0.29) is 52.8 Å². The predicted octanol–water partition coefficient (Wildman–Crippen LogP) is 2.78. The molecular formula is C28H48O6. The van der Waals surface area contributed by atoms with Gasteiger partial charge in [0, 0.05) is 18.9 Å². The topological polar surface area (TPSA) is 118 Å². The van der Waals surface area contributed by atoms with Crippen molar-refractivity contribution in [3.63, 3.8) is 0 Å². The molecule has 0 saturated heterocycles. The highest BCUT2D eigenvalue weighted by atomic mass is 16.3. The zero-order valence-electron chi connectivity index (χ0n) is 21.7. The van der Waals surface area contributed by atoms with E-state index >= 15 is 0 Å². The Hall–Kier alpha value is -0.530. The van der Waals surface area contributed by atoms with Gasteiger partial charge in [-0.25, -0.2) is 0 Å². The van der Waals surface area contributed by atoms with E-state index in [0.29, 0.717) is 37.0 Å². The molecule has 6 nitrogen and oxygen atoms in total. The van der Waals surface area contributed by atoms with Gasteiger partial charge in [0.25, 0.3) is 0 Å². The fraction of sp³-hybridized carbons (Fsp3) is 0.964. The lowest BCUT2D eigenvalue weighted by Crippen LogP contribution is -2.59. The molecule has 0 spiro atoms. The van der Waals surface area contributed by atoms with Crippen molar-refractivity contribution in [3.05, 3.63) is 0 Å². The van der Waals surface area contributed by atoms with Gasteiger partial charge >= 0.3 is 0 Å². The molecule has 196 valence electrons.